The molecular formula is C9H12O. The van der Waals surface area contributed by atoms with Crippen LogP contribution in [0.2, 0.25) is 0 Å². The smallest absolute Gasteiger partial charge is 0.114 e. The summed E-state index contributed by atoms with van der Waals surface area (Å²) in [6.45, 7) is 3.61. The molecule has 0 unspecified atom stereocenters. The first kappa shape index (κ1) is 7.13. The fourth-order valence-corrected chi connectivity index (χ4v) is 1.06. The van der Waals surface area contributed by atoms with Gasteiger partial charge in [-0.3, -0.25) is 0 Å². The fraction of sp³-hybridized carbons (Fsp3) is 0.333. The van der Waals surface area contributed by atoms with Crippen LogP contribution in [0, 0.1) is 0 Å². The van der Waals surface area contributed by atoms with E-state index >= 15 is 0 Å². The van der Waals surface area contributed by atoms with Gasteiger partial charge in [-0.1, -0.05) is 12.2 Å². The Morgan fingerprint density at radius 1 is 1.50 bits per heavy atom. The average molecular weight is 136 g/mol. The van der Waals surface area contributed by atoms with Crippen LogP contribution in [-0.4, -0.2) is 5.11 Å². The van der Waals surface area contributed by atoms with Gasteiger partial charge in [0, 0.05) is 0 Å². The highest BCUT2D eigenvalue weighted by molar-refractivity contribution is 5.29. The molecule has 0 aromatic carbocycles. The van der Waals surface area contributed by atoms with Gasteiger partial charge in [0.2, 0.25) is 0 Å². The van der Waals surface area contributed by atoms with Crippen molar-refractivity contribution in [2.75, 3.05) is 0 Å². The van der Waals surface area contributed by atoms with E-state index in [4.69, 9.17) is 0 Å². The Bertz CT molecular complexity index is 187. The number of allylic oxidation sites excluding steroid dienone is 4. The number of rotatable bonds is 2. The van der Waals surface area contributed by atoms with E-state index in [1.54, 1.807) is 6.08 Å². The van der Waals surface area contributed by atoms with Crippen molar-refractivity contribution in [1.82, 2.24) is 0 Å². The third-order valence-electron chi connectivity index (χ3n) is 1.59. The largest absolute Gasteiger partial charge is 0.508 e. The van der Waals surface area contributed by atoms with Gasteiger partial charge in [-0.05, 0) is 30.9 Å². The molecule has 0 radical (unpaired) electrons. The van der Waals surface area contributed by atoms with Crippen LogP contribution in [0.15, 0.2) is 36.1 Å². The molecule has 0 heterocycles. The van der Waals surface area contributed by atoms with Gasteiger partial charge in [-0.2, -0.15) is 0 Å². The summed E-state index contributed by atoms with van der Waals surface area (Å²) in [5, 5.41) is 9.25. The van der Waals surface area contributed by atoms with Crippen molar-refractivity contribution >= 4 is 0 Å². The van der Waals surface area contributed by atoms with Gasteiger partial charge in [0.15, 0.2) is 0 Å². The molecule has 1 aliphatic carbocycles. The minimum atomic E-state index is 0.436. The molecule has 1 rings (SSSR count). The molecule has 0 amide bonds. The summed E-state index contributed by atoms with van der Waals surface area (Å²) >= 11 is 0. The summed E-state index contributed by atoms with van der Waals surface area (Å²) in [6.07, 6.45) is 8.53. The Morgan fingerprint density at radius 3 is 2.80 bits per heavy atom. The summed E-state index contributed by atoms with van der Waals surface area (Å²) in [7, 11) is 0. The van der Waals surface area contributed by atoms with E-state index in [0.29, 0.717) is 5.76 Å². The molecule has 54 valence electrons. The Morgan fingerprint density at radius 2 is 2.20 bits per heavy atom. The number of hydrogen-bond donors (Lipinski definition) is 1. The van der Waals surface area contributed by atoms with Gasteiger partial charge >= 0.3 is 0 Å². The van der Waals surface area contributed by atoms with Crippen LogP contribution in [0.4, 0.5) is 0 Å². The molecule has 0 bridgehead atoms. The lowest BCUT2D eigenvalue weighted by Gasteiger charge is -2.07. The van der Waals surface area contributed by atoms with E-state index in [1.165, 1.54) is 0 Å². The van der Waals surface area contributed by atoms with E-state index < -0.39 is 0 Å². The van der Waals surface area contributed by atoms with Crippen LogP contribution >= 0.6 is 0 Å². The third-order valence-corrected chi connectivity index (χ3v) is 1.59. The second-order valence-electron chi connectivity index (χ2n) is 2.39. The standard InChI is InChI=1S/C9H12O/c1-2-5-8-6-3-4-7-9(8)10/h2,6-7,10H,1,3-5H2. The Balaban J connectivity index is 2.64. The predicted octanol–water partition coefficient (Wildman–Crippen LogP) is 2.72. The number of aliphatic hydroxyl groups excluding tert-OH is 1. The minimum Gasteiger partial charge on any atom is -0.508 e. The van der Waals surface area contributed by atoms with Gasteiger partial charge < -0.3 is 5.11 Å². The quantitative estimate of drug-likeness (QED) is 0.579. The van der Waals surface area contributed by atoms with Crippen LogP contribution in [0.1, 0.15) is 19.3 Å². The van der Waals surface area contributed by atoms with E-state index in [0.717, 1.165) is 24.8 Å². The number of aliphatic hydroxyl groups is 1. The molecule has 10 heavy (non-hydrogen) atoms. The van der Waals surface area contributed by atoms with Gasteiger partial charge in [0.05, 0.1) is 0 Å². The molecule has 1 aliphatic rings. The first-order chi connectivity index (χ1) is 4.84. The predicted molar refractivity (Wildman–Crippen MR) is 42.8 cm³/mol. The topological polar surface area (TPSA) is 20.2 Å². The Hall–Kier alpha value is -0.980. The highest BCUT2D eigenvalue weighted by atomic mass is 16.3. The van der Waals surface area contributed by atoms with Crippen molar-refractivity contribution in [3.05, 3.63) is 36.1 Å². The fourth-order valence-electron chi connectivity index (χ4n) is 1.06. The van der Waals surface area contributed by atoms with Gasteiger partial charge in [-0.15, -0.1) is 6.58 Å². The molecule has 1 N–H and O–H groups in total. The maximum absolute atomic E-state index is 9.25. The van der Waals surface area contributed by atoms with E-state index in [2.05, 4.69) is 12.7 Å². The molecule has 0 aromatic rings. The van der Waals surface area contributed by atoms with Gasteiger partial charge in [0.25, 0.3) is 0 Å². The van der Waals surface area contributed by atoms with Crippen molar-refractivity contribution < 1.29 is 5.11 Å². The summed E-state index contributed by atoms with van der Waals surface area (Å²) in [5.41, 5.74) is 1.02. The van der Waals surface area contributed by atoms with Crippen LogP contribution in [0.3, 0.4) is 0 Å². The SMILES string of the molecule is C=CCC1=CCCC=C1O. The molecule has 1 heteroatoms. The maximum Gasteiger partial charge on any atom is 0.114 e. The average Bonchev–Trinajstić information content (AvgIpc) is 1.94. The van der Waals surface area contributed by atoms with Crippen molar-refractivity contribution in [2.24, 2.45) is 0 Å². The van der Waals surface area contributed by atoms with Crippen molar-refractivity contribution in [1.29, 1.82) is 0 Å². The van der Waals surface area contributed by atoms with Gasteiger partial charge in [-0.25, -0.2) is 0 Å². The molecule has 0 fully saturated rings. The molecule has 0 aliphatic heterocycles. The zero-order valence-electron chi connectivity index (χ0n) is 6.01. The first-order valence-corrected chi connectivity index (χ1v) is 3.54. The molecule has 0 saturated carbocycles. The maximum atomic E-state index is 9.25. The van der Waals surface area contributed by atoms with Crippen molar-refractivity contribution in [3.63, 3.8) is 0 Å². The molecule has 0 saturated heterocycles. The summed E-state index contributed by atoms with van der Waals surface area (Å²) < 4.78 is 0. The van der Waals surface area contributed by atoms with Crippen molar-refractivity contribution in [3.8, 4) is 0 Å². The van der Waals surface area contributed by atoms with Crippen LogP contribution < -0.4 is 0 Å². The molecule has 0 aromatic heterocycles. The summed E-state index contributed by atoms with van der Waals surface area (Å²) in [5.74, 6) is 0.436. The lowest BCUT2D eigenvalue weighted by atomic mass is 10.0. The Labute approximate surface area is 61.4 Å². The van der Waals surface area contributed by atoms with E-state index in [9.17, 15) is 5.11 Å². The molecule has 0 spiro atoms. The highest BCUT2D eigenvalue weighted by Crippen LogP contribution is 2.18. The minimum absolute atomic E-state index is 0.436. The third kappa shape index (κ3) is 1.50. The first-order valence-electron chi connectivity index (χ1n) is 3.54. The summed E-state index contributed by atoms with van der Waals surface area (Å²) in [4.78, 5) is 0. The lowest BCUT2D eigenvalue weighted by molar-refractivity contribution is 0.415. The number of hydrogen-bond acceptors (Lipinski definition) is 1. The summed E-state index contributed by atoms with van der Waals surface area (Å²) in [6, 6.07) is 0. The highest BCUT2D eigenvalue weighted by Gasteiger charge is 2.03. The lowest BCUT2D eigenvalue weighted by Crippen LogP contribution is -1.92. The molecule has 0 atom stereocenters. The second-order valence-corrected chi connectivity index (χ2v) is 2.39. The monoisotopic (exact) mass is 136 g/mol. The van der Waals surface area contributed by atoms with Crippen LogP contribution in [-0.2, 0) is 0 Å². The van der Waals surface area contributed by atoms with Crippen molar-refractivity contribution in [2.45, 2.75) is 19.3 Å². The van der Waals surface area contributed by atoms with Crippen LogP contribution in [0.5, 0.6) is 0 Å². The van der Waals surface area contributed by atoms with Crippen LogP contribution in [0.25, 0.3) is 0 Å². The molecular weight excluding hydrogens is 124 g/mol. The normalized spacial score (nSPS) is 17.6. The zero-order chi connectivity index (χ0) is 7.40. The van der Waals surface area contributed by atoms with E-state index in [-0.39, 0.29) is 0 Å². The molecule has 1 nitrogen and oxygen atoms in total. The Kier molecular flexibility index (Phi) is 2.32. The second kappa shape index (κ2) is 3.25. The van der Waals surface area contributed by atoms with Gasteiger partial charge in [0.1, 0.15) is 5.76 Å². The van der Waals surface area contributed by atoms with E-state index in [1.807, 2.05) is 6.08 Å². The zero-order valence-corrected chi connectivity index (χ0v) is 6.01.